The molecule has 0 saturated carbocycles. The standard InChI is InChI=1S/C13H12IN3/c1-8(2)17-13-9(6-15)7-16-12-5-10(14)3-4-11(12)13/h3-5,7-8H,1-2H3,(H,16,17). The number of nitriles is 1. The molecule has 3 nitrogen and oxygen atoms in total. The maximum Gasteiger partial charge on any atom is 0.103 e. The van der Waals surface area contributed by atoms with Crippen LogP contribution in [0.4, 0.5) is 5.69 Å². The quantitative estimate of drug-likeness (QED) is 0.853. The van der Waals surface area contributed by atoms with Crippen LogP contribution in [-0.2, 0) is 0 Å². The average molecular weight is 337 g/mol. The van der Waals surface area contributed by atoms with Gasteiger partial charge in [0.2, 0.25) is 0 Å². The number of pyridine rings is 1. The minimum atomic E-state index is 0.284. The monoisotopic (exact) mass is 337 g/mol. The van der Waals surface area contributed by atoms with Crippen LogP contribution < -0.4 is 5.32 Å². The Hall–Kier alpha value is -1.35. The first kappa shape index (κ1) is 12.1. The number of nitrogens with one attached hydrogen (secondary N) is 1. The Bertz CT molecular complexity index is 599. The van der Waals surface area contributed by atoms with Crippen LogP contribution in [0.2, 0.25) is 0 Å². The van der Waals surface area contributed by atoms with Gasteiger partial charge < -0.3 is 5.32 Å². The molecule has 17 heavy (non-hydrogen) atoms. The van der Waals surface area contributed by atoms with Crippen LogP contribution >= 0.6 is 22.6 Å². The second-order valence-corrected chi connectivity index (χ2v) is 5.36. The molecule has 0 fully saturated rings. The van der Waals surface area contributed by atoms with Crippen LogP contribution in [0.1, 0.15) is 19.4 Å². The van der Waals surface area contributed by atoms with Gasteiger partial charge in [-0.1, -0.05) is 0 Å². The fourth-order valence-corrected chi connectivity index (χ4v) is 2.17. The van der Waals surface area contributed by atoms with Crippen molar-refractivity contribution in [2.45, 2.75) is 19.9 Å². The molecule has 0 spiro atoms. The number of fused-ring (bicyclic) bond motifs is 1. The Kier molecular flexibility index (Phi) is 3.48. The molecular formula is C13H12IN3. The topological polar surface area (TPSA) is 48.7 Å². The molecule has 0 radical (unpaired) electrons. The SMILES string of the molecule is CC(C)Nc1c(C#N)cnc2cc(I)ccc12. The molecule has 0 unspecified atom stereocenters. The molecule has 1 N–H and O–H groups in total. The second-order valence-electron chi connectivity index (χ2n) is 4.12. The molecule has 0 atom stereocenters. The van der Waals surface area contributed by atoms with Crippen molar-refractivity contribution < 1.29 is 0 Å². The van der Waals surface area contributed by atoms with E-state index in [4.69, 9.17) is 5.26 Å². The molecule has 2 rings (SSSR count). The van der Waals surface area contributed by atoms with Crippen molar-refractivity contribution >= 4 is 39.2 Å². The highest BCUT2D eigenvalue weighted by atomic mass is 127. The zero-order valence-corrected chi connectivity index (χ0v) is 11.8. The molecule has 0 aliphatic rings. The summed E-state index contributed by atoms with van der Waals surface area (Å²) < 4.78 is 1.14. The van der Waals surface area contributed by atoms with Crippen LogP contribution in [0.5, 0.6) is 0 Å². The van der Waals surface area contributed by atoms with Crippen LogP contribution in [0.3, 0.4) is 0 Å². The number of benzene rings is 1. The summed E-state index contributed by atoms with van der Waals surface area (Å²) in [5.41, 5.74) is 2.38. The molecule has 0 bridgehead atoms. The van der Waals surface area contributed by atoms with E-state index in [1.165, 1.54) is 0 Å². The Balaban J connectivity index is 2.70. The van der Waals surface area contributed by atoms with E-state index < -0.39 is 0 Å². The number of aromatic nitrogens is 1. The maximum atomic E-state index is 9.11. The Morgan fingerprint density at radius 1 is 1.41 bits per heavy atom. The van der Waals surface area contributed by atoms with E-state index in [-0.39, 0.29) is 6.04 Å². The summed E-state index contributed by atoms with van der Waals surface area (Å²) >= 11 is 2.26. The lowest BCUT2D eigenvalue weighted by molar-refractivity contribution is 0.900. The van der Waals surface area contributed by atoms with Gasteiger partial charge >= 0.3 is 0 Å². The van der Waals surface area contributed by atoms with Gasteiger partial charge in [-0.2, -0.15) is 5.26 Å². The van der Waals surface area contributed by atoms with E-state index in [9.17, 15) is 0 Å². The van der Waals surface area contributed by atoms with Gasteiger partial charge in [0.25, 0.3) is 0 Å². The molecular weight excluding hydrogens is 325 g/mol. The van der Waals surface area contributed by atoms with Crippen molar-refractivity contribution in [2.24, 2.45) is 0 Å². The third kappa shape index (κ3) is 2.50. The van der Waals surface area contributed by atoms with Gasteiger partial charge in [0, 0.05) is 21.2 Å². The minimum Gasteiger partial charge on any atom is -0.381 e. The molecule has 0 amide bonds. The Labute approximate surface area is 114 Å². The summed E-state index contributed by atoms with van der Waals surface area (Å²) in [7, 11) is 0. The highest BCUT2D eigenvalue weighted by molar-refractivity contribution is 14.1. The predicted octanol–water partition coefficient (Wildman–Crippen LogP) is 3.53. The number of hydrogen-bond donors (Lipinski definition) is 1. The maximum absolute atomic E-state index is 9.11. The van der Waals surface area contributed by atoms with E-state index >= 15 is 0 Å². The fourth-order valence-electron chi connectivity index (χ4n) is 1.70. The lowest BCUT2D eigenvalue weighted by atomic mass is 10.1. The smallest absolute Gasteiger partial charge is 0.103 e. The first-order valence-electron chi connectivity index (χ1n) is 5.36. The lowest BCUT2D eigenvalue weighted by Gasteiger charge is -2.14. The van der Waals surface area contributed by atoms with Crippen molar-refractivity contribution in [1.29, 1.82) is 5.26 Å². The van der Waals surface area contributed by atoms with Gasteiger partial charge in [-0.05, 0) is 54.6 Å². The van der Waals surface area contributed by atoms with Gasteiger partial charge in [0.1, 0.15) is 6.07 Å². The summed E-state index contributed by atoms with van der Waals surface area (Å²) in [4.78, 5) is 4.31. The highest BCUT2D eigenvalue weighted by Crippen LogP contribution is 2.27. The Morgan fingerprint density at radius 3 is 2.82 bits per heavy atom. The summed E-state index contributed by atoms with van der Waals surface area (Å²) in [6.45, 7) is 4.11. The molecule has 0 saturated heterocycles. The number of rotatable bonds is 2. The lowest BCUT2D eigenvalue weighted by Crippen LogP contribution is -2.11. The van der Waals surface area contributed by atoms with Gasteiger partial charge in [0.05, 0.1) is 16.8 Å². The molecule has 1 aromatic carbocycles. The fraction of sp³-hybridized carbons (Fsp3) is 0.231. The third-order valence-corrected chi connectivity index (χ3v) is 3.06. The summed E-state index contributed by atoms with van der Waals surface area (Å²) in [6.07, 6.45) is 1.63. The largest absolute Gasteiger partial charge is 0.381 e. The average Bonchev–Trinajstić information content (AvgIpc) is 2.28. The highest BCUT2D eigenvalue weighted by Gasteiger charge is 2.09. The van der Waals surface area contributed by atoms with Crippen molar-refractivity contribution in [2.75, 3.05) is 5.32 Å². The molecule has 4 heteroatoms. The third-order valence-electron chi connectivity index (χ3n) is 2.38. The number of anilines is 1. The Morgan fingerprint density at radius 2 is 2.18 bits per heavy atom. The molecule has 1 aromatic heterocycles. The number of nitrogens with zero attached hydrogens (tertiary/aromatic N) is 2. The van der Waals surface area contributed by atoms with Crippen molar-refractivity contribution in [3.8, 4) is 6.07 Å². The van der Waals surface area contributed by atoms with E-state index in [1.807, 2.05) is 18.2 Å². The normalized spacial score (nSPS) is 10.5. The van der Waals surface area contributed by atoms with Crippen molar-refractivity contribution in [3.05, 3.63) is 33.5 Å². The zero-order valence-electron chi connectivity index (χ0n) is 9.66. The molecule has 2 aromatic rings. The van der Waals surface area contributed by atoms with Gasteiger partial charge in [0.15, 0.2) is 0 Å². The predicted molar refractivity (Wildman–Crippen MR) is 77.9 cm³/mol. The number of hydrogen-bond acceptors (Lipinski definition) is 3. The summed E-state index contributed by atoms with van der Waals surface area (Å²) in [5.74, 6) is 0. The van der Waals surface area contributed by atoms with Crippen LogP contribution in [0, 0.1) is 14.9 Å². The van der Waals surface area contributed by atoms with E-state index in [1.54, 1.807) is 6.20 Å². The first-order chi connectivity index (χ1) is 8.11. The first-order valence-corrected chi connectivity index (χ1v) is 6.44. The van der Waals surface area contributed by atoms with Gasteiger partial charge in [-0.3, -0.25) is 4.98 Å². The minimum absolute atomic E-state index is 0.284. The van der Waals surface area contributed by atoms with Crippen LogP contribution in [-0.4, -0.2) is 11.0 Å². The molecule has 0 aliphatic heterocycles. The zero-order chi connectivity index (χ0) is 12.4. The van der Waals surface area contributed by atoms with Crippen LogP contribution in [0.15, 0.2) is 24.4 Å². The van der Waals surface area contributed by atoms with E-state index in [0.29, 0.717) is 5.56 Å². The second kappa shape index (κ2) is 4.88. The van der Waals surface area contributed by atoms with E-state index in [0.717, 1.165) is 20.2 Å². The summed E-state index contributed by atoms with van der Waals surface area (Å²) in [5, 5.41) is 13.4. The number of halogens is 1. The van der Waals surface area contributed by atoms with Crippen molar-refractivity contribution in [1.82, 2.24) is 4.98 Å². The molecule has 86 valence electrons. The van der Waals surface area contributed by atoms with Crippen molar-refractivity contribution in [3.63, 3.8) is 0 Å². The summed E-state index contributed by atoms with van der Waals surface area (Å²) in [6, 6.07) is 8.52. The van der Waals surface area contributed by atoms with Crippen LogP contribution in [0.25, 0.3) is 10.9 Å². The molecule has 0 aliphatic carbocycles. The molecule has 1 heterocycles. The van der Waals surface area contributed by atoms with Gasteiger partial charge in [-0.25, -0.2) is 0 Å². The van der Waals surface area contributed by atoms with E-state index in [2.05, 4.69) is 52.8 Å². The van der Waals surface area contributed by atoms with Gasteiger partial charge in [-0.15, -0.1) is 0 Å².